The number of benzene rings is 1. The topological polar surface area (TPSA) is 131 Å². The van der Waals surface area contributed by atoms with Crippen LogP contribution in [0.4, 0.5) is 16.2 Å². The van der Waals surface area contributed by atoms with Crippen LogP contribution in [0.5, 0.6) is 0 Å². The first kappa shape index (κ1) is 23.1. The number of hydrogen-bond acceptors (Lipinski definition) is 7. The van der Waals surface area contributed by atoms with Gasteiger partial charge in [0.05, 0.1) is 10.5 Å². The molecule has 0 unspecified atom stereocenters. The molecule has 3 amide bonds. The summed E-state index contributed by atoms with van der Waals surface area (Å²) in [5.41, 5.74) is 0.242. The standard InChI is InChI=1S/C20H28N4O6/c1-13(2)10-21-20(27)22-18(25)12-30-19(26)15-6-7-16(17(9-15)24(28)29)23-8-4-5-14(3)11-23/h6-7,9,13-14H,4-5,8,10-12H2,1-3H3,(H2,21,22,25,27)/t14-/m1/s1. The van der Waals surface area contributed by atoms with E-state index in [1.807, 2.05) is 24.1 Å². The van der Waals surface area contributed by atoms with Crippen LogP contribution >= 0.6 is 0 Å². The number of esters is 1. The molecule has 0 aliphatic carbocycles. The molecule has 164 valence electrons. The van der Waals surface area contributed by atoms with Crippen molar-refractivity contribution in [1.29, 1.82) is 0 Å². The second-order valence-corrected chi connectivity index (χ2v) is 7.88. The summed E-state index contributed by atoms with van der Waals surface area (Å²) in [5.74, 6) is -1.03. The summed E-state index contributed by atoms with van der Waals surface area (Å²) in [4.78, 5) is 48.5. The van der Waals surface area contributed by atoms with Gasteiger partial charge in [-0.1, -0.05) is 20.8 Å². The Morgan fingerprint density at radius 2 is 2.07 bits per heavy atom. The third-order valence-electron chi connectivity index (χ3n) is 4.66. The number of urea groups is 1. The first-order valence-corrected chi connectivity index (χ1v) is 9.95. The van der Waals surface area contributed by atoms with E-state index in [1.54, 1.807) is 0 Å². The number of ether oxygens (including phenoxy) is 1. The number of hydrogen-bond donors (Lipinski definition) is 2. The minimum Gasteiger partial charge on any atom is -0.452 e. The van der Waals surface area contributed by atoms with Crippen LogP contribution in [-0.4, -0.2) is 49.1 Å². The molecule has 0 bridgehead atoms. The summed E-state index contributed by atoms with van der Waals surface area (Å²) in [6.45, 7) is 7.05. The molecule has 1 aromatic rings. The van der Waals surface area contributed by atoms with Crippen LogP contribution in [-0.2, 0) is 9.53 Å². The van der Waals surface area contributed by atoms with Crippen LogP contribution in [0, 0.1) is 22.0 Å². The Hall–Kier alpha value is -3.17. The van der Waals surface area contributed by atoms with E-state index in [-0.39, 0.29) is 17.2 Å². The van der Waals surface area contributed by atoms with Gasteiger partial charge < -0.3 is 15.0 Å². The molecule has 0 saturated carbocycles. The molecule has 2 rings (SSSR count). The van der Waals surface area contributed by atoms with Gasteiger partial charge >= 0.3 is 12.0 Å². The number of nitrogens with one attached hydrogen (secondary N) is 2. The van der Waals surface area contributed by atoms with Gasteiger partial charge in [0.15, 0.2) is 6.61 Å². The van der Waals surface area contributed by atoms with E-state index in [0.29, 0.717) is 31.2 Å². The average Bonchev–Trinajstić information content (AvgIpc) is 2.70. The summed E-state index contributed by atoms with van der Waals surface area (Å²) in [6, 6.07) is 3.45. The predicted octanol–water partition coefficient (Wildman–Crippen LogP) is 2.47. The normalized spacial score (nSPS) is 16.1. The second-order valence-electron chi connectivity index (χ2n) is 7.88. The van der Waals surface area contributed by atoms with Crippen LogP contribution in [0.15, 0.2) is 18.2 Å². The van der Waals surface area contributed by atoms with E-state index in [0.717, 1.165) is 18.9 Å². The van der Waals surface area contributed by atoms with Crippen molar-refractivity contribution in [1.82, 2.24) is 10.6 Å². The molecule has 1 saturated heterocycles. The van der Waals surface area contributed by atoms with Gasteiger partial charge in [0.25, 0.3) is 11.6 Å². The van der Waals surface area contributed by atoms with E-state index in [1.165, 1.54) is 12.1 Å². The highest BCUT2D eigenvalue weighted by atomic mass is 16.6. The van der Waals surface area contributed by atoms with E-state index in [4.69, 9.17) is 4.74 Å². The number of piperidine rings is 1. The number of carbonyl (C=O) groups excluding carboxylic acids is 3. The molecule has 1 aromatic carbocycles. The highest BCUT2D eigenvalue weighted by molar-refractivity contribution is 5.97. The quantitative estimate of drug-likeness (QED) is 0.393. The van der Waals surface area contributed by atoms with Crippen molar-refractivity contribution >= 4 is 29.3 Å². The molecule has 10 heteroatoms. The number of anilines is 1. The molecular formula is C20H28N4O6. The number of nitrogens with zero attached hydrogens (tertiary/aromatic N) is 2. The fourth-order valence-electron chi connectivity index (χ4n) is 3.19. The van der Waals surface area contributed by atoms with E-state index in [9.17, 15) is 24.5 Å². The van der Waals surface area contributed by atoms with Crippen molar-refractivity contribution in [2.45, 2.75) is 33.6 Å². The lowest BCUT2D eigenvalue weighted by atomic mass is 9.99. The van der Waals surface area contributed by atoms with Crippen molar-refractivity contribution in [3.63, 3.8) is 0 Å². The van der Waals surface area contributed by atoms with Gasteiger partial charge in [-0.25, -0.2) is 9.59 Å². The molecule has 0 spiro atoms. The van der Waals surface area contributed by atoms with E-state index < -0.39 is 29.4 Å². The Morgan fingerprint density at radius 3 is 2.70 bits per heavy atom. The first-order valence-electron chi connectivity index (χ1n) is 9.95. The van der Waals surface area contributed by atoms with Crippen molar-refractivity contribution in [2.24, 2.45) is 11.8 Å². The van der Waals surface area contributed by atoms with Gasteiger partial charge in [-0.2, -0.15) is 0 Å². The molecule has 0 radical (unpaired) electrons. The number of amides is 3. The summed E-state index contributed by atoms with van der Waals surface area (Å²) in [7, 11) is 0. The molecular weight excluding hydrogens is 392 g/mol. The highest BCUT2D eigenvalue weighted by Crippen LogP contribution is 2.32. The average molecular weight is 420 g/mol. The van der Waals surface area contributed by atoms with Crippen LogP contribution < -0.4 is 15.5 Å². The van der Waals surface area contributed by atoms with Crippen molar-refractivity contribution in [3.8, 4) is 0 Å². The maximum Gasteiger partial charge on any atom is 0.338 e. The zero-order chi connectivity index (χ0) is 22.3. The number of rotatable bonds is 7. The van der Waals surface area contributed by atoms with Crippen LogP contribution in [0.1, 0.15) is 44.0 Å². The SMILES string of the molecule is CC(C)CNC(=O)NC(=O)COC(=O)c1ccc(N2CCC[C@@H](C)C2)c([N+](=O)[O-])c1. The third-order valence-corrected chi connectivity index (χ3v) is 4.66. The van der Waals surface area contributed by atoms with Gasteiger partial charge in [-0.05, 0) is 36.8 Å². The summed E-state index contributed by atoms with van der Waals surface area (Å²) in [6.07, 6.45) is 2.02. The predicted molar refractivity (Wildman–Crippen MR) is 110 cm³/mol. The number of imide groups is 1. The lowest BCUT2D eigenvalue weighted by Gasteiger charge is -2.32. The largest absolute Gasteiger partial charge is 0.452 e. The van der Waals surface area contributed by atoms with Crippen LogP contribution in [0.3, 0.4) is 0 Å². The maximum atomic E-state index is 12.2. The highest BCUT2D eigenvalue weighted by Gasteiger charge is 2.25. The Balaban J connectivity index is 1.99. The van der Waals surface area contributed by atoms with Crippen molar-refractivity contribution in [3.05, 3.63) is 33.9 Å². The molecule has 1 heterocycles. The molecule has 1 aliphatic rings. The van der Waals surface area contributed by atoms with Crippen molar-refractivity contribution in [2.75, 3.05) is 31.1 Å². The molecule has 10 nitrogen and oxygen atoms in total. The number of carbonyl (C=O) groups is 3. The minimum absolute atomic E-state index is 0.0347. The smallest absolute Gasteiger partial charge is 0.338 e. The van der Waals surface area contributed by atoms with Gasteiger partial charge in [0, 0.05) is 25.7 Å². The minimum atomic E-state index is -0.880. The summed E-state index contributed by atoms with van der Waals surface area (Å²) < 4.78 is 4.89. The monoisotopic (exact) mass is 420 g/mol. The maximum absolute atomic E-state index is 12.2. The third kappa shape index (κ3) is 6.71. The lowest BCUT2D eigenvalue weighted by molar-refractivity contribution is -0.384. The Labute approximate surface area is 175 Å². The molecule has 1 atom stereocenters. The van der Waals surface area contributed by atoms with Gasteiger partial charge in [-0.15, -0.1) is 0 Å². The van der Waals surface area contributed by atoms with Crippen molar-refractivity contribution < 1.29 is 24.0 Å². The van der Waals surface area contributed by atoms with Gasteiger partial charge in [0.1, 0.15) is 5.69 Å². The summed E-state index contributed by atoms with van der Waals surface area (Å²) >= 11 is 0. The Morgan fingerprint density at radius 1 is 1.33 bits per heavy atom. The fourth-order valence-corrected chi connectivity index (χ4v) is 3.19. The lowest BCUT2D eigenvalue weighted by Crippen LogP contribution is -2.42. The molecule has 1 fully saturated rings. The Kier molecular flexibility index (Phi) is 8.14. The number of nitro groups is 1. The zero-order valence-electron chi connectivity index (χ0n) is 17.5. The second kappa shape index (κ2) is 10.6. The van der Waals surface area contributed by atoms with Gasteiger partial charge in [0.2, 0.25) is 0 Å². The van der Waals surface area contributed by atoms with Crippen LogP contribution in [0.25, 0.3) is 0 Å². The summed E-state index contributed by atoms with van der Waals surface area (Å²) in [5, 5.41) is 16.1. The van der Waals surface area contributed by atoms with Gasteiger partial charge in [-0.3, -0.25) is 20.2 Å². The number of nitro benzene ring substituents is 1. The van der Waals surface area contributed by atoms with Crippen LogP contribution in [0.2, 0.25) is 0 Å². The van der Waals surface area contributed by atoms with E-state index in [2.05, 4.69) is 12.2 Å². The zero-order valence-corrected chi connectivity index (χ0v) is 17.5. The molecule has 30 heavy (non-hydrogen) atoms. The first-order chi connectivity index (χ1) is 14.2. The van der Waals surface area contributed by atoms with E-state index >= 15 is 0 Å². The molecule has 2 N–H and O–H groups in total. The Bertz CT molecular complexity index is 810. The fraction of sp³-hybridized carbons (Fsp3) is 0.550. The molecule has 1 aliphatic heterocycles. The molecule has 0 aromatic heterocycles.